The lowest BCUT2D eigenvalue weighted by Crippen LogP contribution is -2.44. The van der Waals surface area contributed by atoms with Crippen LogP contribution in [-0.2, 0) is 6.18 Å². The highest BCUT2D eigenvalue weighted by atomic mass is 32.1. The Kier molecular flexibility index (Phi) is 7.33. The van der Waals surface area contributed by atoms with Gasteiger partial charge in [-0.15, -0.1) is 0 Å². The van der Waals surface area contributed by atoms with Crippen LogP contribution in [0.5, 0.6) is 6.01 Å². The van der Waals surface area contributed by atoms with Crippen molar-refractivity contribution in [2.75, 3.05) is 50.5 Å². The molecule has 7 rings (SSSR count). The van der Waals surface area contributed by atoms with Gasteiger partial charge in [0.05, 0.1) is 21.3 Å². The average Bonchev–Trinajstić information content (AvgIpc) is 3.73. The third-order valence-electron chi connectivity index (χ3n) is 9.83. The topological polar surface area (TPSA) is 92.4 Å². The number of thiazole rings is 1. The Bertz CT molecular complexity index is 1850. The van der Waals surface area contributed by atoms with Gasteiger partial charge in [0.25, 0.3) is 0 Å². The van der Waals surface area contributed by atoms with Crippen molar-refractivity contribution in [2.24, 2.45) is 5.41 Å². The number of alkyl halides is 4. The highest BCUT2D eigenvalue weighted by Crippen LogP contribution is 2.47. The smallest absolute Gasteiger partial charge is 0.417 e. The molecule has 0 spiro atoms. The van der Waals surface area contributed by atoms with E-state index in [1.165, 1.54) is 0 Å². The molecule has 0 amide bonds. The molecule has 0 bridgehead atoms. The van der Waals surface area contributed by atoms with E-state index in [0.29, 0.717) is 26.1 Å². The molecule has 8 nitrogen and oxygen atoms in total. The Balaban J connectivity index is 1.44. The van der Waals surface area contributed by atoms with E-state index >= 15 is 4.39 Å². The van der Waals surface area contributed by atoms with Crippen LogP contribution in [0, 0.1) is 17.0 Å². The number of halogens is 6. The second kappa shape index (κ2) is 10.8. The van der Waals surface area contributed by atoms with E-state index in [9.17, 15) is 22.0 Å². The molecular formula is C31H33F6N7OS. The Morgan fingerprint density at radius 2 is 1.96 bits per heavy atom. The standard InChI is InChI=1S/C31H33F6N7OS/c1-29(2)13-39-11-20(29)43(3)26-17-9-18(31(35,36)37)21(16-5-6-19(33)25-24(16)40-27(38)46-25)22(34)23(17)41-28(42-26)45-14-30-7-4-8-44(30)12-15(32)10-30/h5-6,9,15,20,39H,4,7-8,10-14H2,1-3H3,(H2,38,40)/t15-,20+,30+/m1/s1. The van der Waals surface area contributed by atoms with Gasteiger partial charge >= 0.3 is 12.2 Å². The highest BCUT2D eigenvalue weighted by molar-refractivity contribution is 7.22. The van der Waals surface area contributed by atoms with Crippen LogP contribution in [0.15, 0.2) is 18.2 Å². The maximum atomic E-state index is 16.9. The molecule has 3 atom stereocenters. The van der Waals surface area contributed by atoms with Crippen molar-refractivity contribution in [3.05, 3.63) is 35.4 Å². The van der Waals surface area contributed by atoms with E-state index in [1.54, 1.807) is 11.9 Å². The van der Waals surface area contributed by atoms with Crippen LogP contribution >= 0.6 is 11.3 Å². The average molecular weight is 666 g/mol. The van der Waals surface area contributed by atoms with Crippen LogP contribution in [0.25, 0.3) is 32.2 Å². The first-order chi connectivity index (χ1) is 21.7. The Labute approximate surface area is 264 Å². The van der Waals surface area contributed by atoms with Crippen LogP contribution in [0.2, 0.25) is 0 Å². The van der Waals surface area contributed by atoms with Crippen molar-refractivity contribution in [3.8, 4) is 17.1 Å². The van der Waals surface area contributed by atoms with Gasteiger partial charge in [0, 0.05) is 55.7 Å². The number of nitrogens with two attached hydrogens (primary N) is 1. The van der Waals surface area contributed by atoms with Crippen LogP contribution in [-0.4, -0.2) is 77.4 Å². The lowest BCUT2D eigenvalue weighted by Gasteiger charge is -2.35. The van der Waals surface area contributed by atoms with Crippen molar-refractivity contribution in [2.45, 2.75) is 57.0 Å². The summed E-state index contributed by atoms with van der Waals surface area (Å²) >= 11 is 0.758. The predicted octanol–water partition coefficient (Wildman–Crippen LogP) is 6.18. The number of nitrogens with one attached hydrogen (secondary N) is 1. The molecule has 5 heterocycles. The van der Waals surface area contributed by atoms with Gasteiger partial charge in [-0.3, -0.25) is 4.90 Å². The Morgan fingerprint density at radius 1 is 1.17 bits per heavy atom. The van der Waals surface area contributed by atoms with Gasteiger partial charge in [0.2, 0.25) is 0 Å². The number of benzene rings is 2. The number of fused-ring (bicyclic) bond motifs is 3. The van der Waals surface area contributed by atoms with E-state index in [2.05, 4.69) is 20.3 Å². The first-order valence-corrected chi connectivity index (χ1v) is 15.9. The summed E-state index contributed by atoms with van der Waals surface area (Å²) in [6, 6.07) is 2.43. The number of nitrogens with zero attached hydrogens (tertiary/aromatic N) is 5. The predicted molar refractivity (Wildman–Crippen MR) is 165 cm³/mol. The molecule has 3 N–H and O–H groups in total. The summed E-state index contributed by atoms with van der Waals surface area (Å²) in [6.45, 7) is 6.29. The summed E-state index contributed by atoms with van der Waals surface area (Å²) in [5.74, 6) is -1.95. The zero-order valence-electron chi connectivity index (χ0n) is 25.4. The van der Waals surface area contributed by atoms with Crippen molar-refractivity contribution >= 4 is 43.4 Å². The van der Waals surface area contributed by atoms with Gasteiger partial charge in [-0.2, -0.15) is 23.1 Å². The number of likely N-dealkylation sites (N-methyl/N-ethyl adjacent to an activating group) is 1. The largest absolute Gasteiger partial charge is 0.461 e. The fourth-order valence-corrected chi connectivity index (χ4v) is 8.35. The molecule has 0 unspecified atom stereocenters. The zero-order chi connectivity index (χ0) is 32.8. The van der Waals surface area contributed by atoms with Gasteiger partial charge < -0.3 is 20.7 Å². The summed E-state index contributed by atoms with van der Waals surface area (Å²) in [6.07, 6.45) is -4.16. The lowest BCUT2D eigenvalue weighted by atomic mass is 9.87. The van der Waals surface area contributed by atoms with E-state index in [4.69, 9.17) is 10.5 Å². The third-order valence-corrected chi connectivity index (χ3v) is 10.7. The molecule has 3 aliphatic heterocycles. The summed E-state index contributed by atoms with van der Waals surface area (Å²) in [4.78, 5) is 16.7. The van der Waals surface area contributed by atoms with E-state index < -0.39 is 46.2 Å². The fourth-order valence-electron chi connectivity index (χ4n) is 7.59. The number of ether oxygens (including phenoxy) is 1. The molecule has 2 aromatic heterocycles. The number of rotatable bonds is 6. The highest BCUT2D eigenvalue weighted by Gasteiger charge is 2.49. The van der Waals surface area contributed by atoms with Crippen LogP contribution < -0.4 is 20.7 Å². The third kappa shape index (κ3) is 5.01. The second-order valence-electron chi connectivity index (χ2n) is 13.3. The Morgan fingerprint density at radius 3 is 2.67 bits per heavy atom. The molecular weight excluding hydrogens is 632 g/mol. The van der Waals surface area contributed by atoms with E-state index in [-0.39, 0.29) is 62.6 Å². The molecule has 0 aliphatic carbocycles. The molecule has 0 radical (unpaired) electrons. The first kappa shape index (κ1) is 31.2. The van der Waals surface area contributed by atoms with Crippen molar-refractivity contribution in [1.82, 2.24) is 25.2 Å². The molecule has 2 aromatic carbocycles. The first-order valence-electron chi connectivity index (χ1n) is 15.1. The SMILES string of the molecule is CN(c1nc(OC[C@@]23CCCN2C[C@H](F)C3)nc2c(F)c(-c3ccc(F)c4sc(N)nc34)c(C(F)(F)F)cc12)[C@H]1CNCC1(C)C. The molecule has 3 fully saturated rings. The summed E-state index contributed by atoms with van der Waals surface area (Å²) in [5, 5.41) is 3.07. The number of anilines is 2. The molecule has 0 saturated carbocycles. The van der Waals surface area contributed by atoms with E-state index in [1.807, 2.05) is 18.7 Å². The van der Waals surface area contributed by atoms with Gasteiger partial charge in [0.1, 0.15) is 29.9 Å². The zero-order valence-corrected chi connectivity index (χ0v) is 26.3. The van der Waals surface area contributed by atoms with Gasteiger partial charge in [0.15, 0.2) is 10.9 Å². The summed E-state index contributed by atoms with van der Waals surface area (Å²) < 4.78 is 96.4. The van der Waals surface area contributed by atoms with Crippen LogP contribution in [0.1, 0.15) is 38.7 Å². The normalized spacial score (nSPS) is 24.7. The lowest BCUT2D eigenvalue weighted by molar-refractivity contribution is -0.137. The molecule has 3 aliphatic rings. The van der Waals surface area contributed by atoms with Crippen molar-refractivity contribution in [3.63, 3.8) is 0 Å². The summed E-state index contributed by atoms with van der Waals surface area (Å²) in [5.41, 5.74) is 1.98. The van der Waals surface area contributed by atoms with Crippen LogP contribution in [0.4, 0.5) is 37.3 Å². The molecule has 4 aromatic rings. The number of hydrogen-bond acceptors (Lipinski definition) is 9. The number of hydrogen-bond donors (Lipinski definition) is 2. The molecule has 46 heavy (non-hydrogen) atoms. The quantitative estimate of drug-likeness (QED) is 0.236. The minimum absolute atomic E-state index is 0.0460. The Hall–Kier alpha value is -3.43. The second-order valence-corrected chi connectivity index (χ2v) is 14.3. The monoisotopic (exact) mass is 665 g/mol. The number of nitrogen functional groups attached to an aromatic ring is 1. The van der Waals surface area contributed by atoms with E-state index in [0.717, 1.165) is 42.5 Å². The van der Waals surface area contributed by atoms with Crippen molar-refractivity contribution in [1.29, 1.82) is 0 Å². The summed E-state index contributed by atoms with van der Waals surface area (Å²) in [7, 11) is 1.70. The fraction of sp³-hybridized carbons (Fsp3) is 0.516. The minimum Gasteiger partial charge on any atom is -0.461 e. The maximum Gasteiger partial charge on any atom is 0.417 e. The molecule has 246 valence electrons. The number of aromatic nitrogens is 3. The van der Waals surface area contributed by atoms with Gasteiger partial charge in [-0.1, -0.05) is 25.2 Å². The van der Waals surface area contributed by atoms with Crippen molar-refractivity contribution < 1.29 is 31.1 Å². The minimum atomic E-state index is -5.01. The molecule has 3 saturated heterocycles. The maximum absolute atomic E-state index is 16.9. The van der Waals surface area contributed by atoms with Gasteiger partial charge in [-0.05, 0) is 43.0 Å². The van der Waals surface area contributed by atoms with Gasteiger partial charge in [-0.25, -0.2) is 18.2 Å². The van der Waals surface area contributed by atoms with Crippen LogP contribution in [0.3, 0.4) is 0 Å². The molecule has 15 heteroatoms.